The highest BCUT2D eigenvalue weighted by atomic mass is 32.2. The van der Waals surface area contributed by atoms with E-state index in [0.717, 1.165) is 9.90 Å². The van der Waals surface area contributed by atoms with Gasteiger partial charge in [0, 0.05) is 12.1 Å². The molecule has 1 aromatic carbocycles. The minimum absolute atomic E-state index is 0.0534. The van der Waals surface area contributed by atoms with E-state index in [-0.39, 0.29) is 17.3 Å². The van der Waals surface area contributed by atoms with Crippen LogP contribution in [-0.4, -0.2) is 32.2 Å². The van der Waals surface area contributed by atoms with Gasteiger partial charge in [0.1, 0.15) is 0 Å². The Hall–Kier alpha value is -1.65. The van der Waals surface area contributed by atoms with Gasteiger partial charge in [-0.15, -0.1) is 0 Å². The van der Waals surface area contributed by atoms with Gasteiger partial charge in [-0.2, -0.15) is 4.37 Å². The van der Waals surface area contributed by atoms with Crippen molar-refractivity contribution in [2.45, 2.75) is 16.4 Å². The quantitative estimate of drug-likeness (QED) is 0.482. The molecule has 116 valence electrons. The molecule has 0 atom stereocenters. The first-order valence-electron chi connectivity index (χ1n) is 6.05. The lowest BCUT2D eigenvalue weighted by atomic mass is 10.2. The molecule has 0 radical (unpaired) electrons. The smallest absolute Gasteiger partial charge is 0.271 e. The lowest BCUT2D eigenvalue weighted by molar-refractivity contribution is -0.384. The van der Waals surface area contributed by atoms with Gasteiger partial charge in [-0.3, -0.25) is 14.9 Å². The fraction of sp³-hybridized carbons (Fsp3) is 0.250. The Morgan fingerprint density at radius 1 is 1.50 bits per heavy atom. The van der Waals surface area contributed by atoms with Crippen LogP contribution >= 0.6 is 35.1 Å². The molecule has 0 saturated carbocycles. The van der Waals surface area contributed by atoms with E-state index in [1.54, 1.807) is 13.0 Å². The predicted molar refractivity (Wildman–Crippen MR) is 88.9 cm³/mol. The van der Waals surface area contributed by atoms with Crippen LogP contribution in [0.5, 0.6) is 0 Å². The molecule has 2 aromatic rings. The number of thioether (sulfide) groups is 2. The highest BCUT2D eigenvalue weighted by Gasteiger charge is 2.12. The average Bonchev–Trinajstić information content (AvgIpc) is 2.95. The summed E-state index contributed by atoms with van der Waals surface area (Å²) in [5.74, 6) is -0.0694. The largest absolute Gasteiger partial charge is 0.325 e. The summed E-state index contributed by atoms with van der Waals surface area (Å²) in [6, 6.07) is 4.37. The van der Waals surface area contributed by atoms with Crippen molar-refractivity contribution in [2.24, 2.45) is 0 Å². The van der Waals surface area contributed by atoms with Crippen LogP contribution in [0, 0.1) is 17.0 Å². The van der Waals surface area contributed by atoms with Gasteiger partial charge in [-0.1, -0.05) is 29.6 Å². The Labute approximate surface area is 139 Å². The minimum Gasteiger partial charge on any atom is -0.325 e. The maximum absolute atomic E-state index is 11.9. The lowest BCUT2D eigenvalue weighted by Crippen LogP contribution is -2.15. The van der Waals surface area contributed by atoms with Crippen molar-refractivity contribution in [3.8, 4) is 0 Å². The van der Waals surface area contributed by atoms with Crippen molar-refractivity contribution in [1.29, 1.82) is 0 Å². The molecule has 1 aromatic heterocycles. The maximum Gasteiger partial charge on any atom is 0.271 e. The summed E-state index contributed by atoms with van der Waals surface area (Å²) in [6.07, 6.45) is 1.88. The first kappa shape index (κ1) is 16.7. The Morgan fingerprint density at radius 3 is 2.91 bits per heavy atom. The van der Waals surface area contributed by atoms with Gasteiger partial charge in [-0.05, 0) is 30.3 Å². The fourth-order valence-electron chi connectivity index (χ4n) is 1.51. The van der Waals surface area contributed by atoms with Gasteiger partial charge in [0.25, 0.3) is 5.69 Å². The molecular formula is C12H12N4O3S3. The number of nitro benzene ring substituents is 1. The van der Waals surface area contributed by atoms with Gasteiger partial charge in [0.05, 0.1) is 16.4 Å². The number of hydrogen-bond donors (Lipinski definition) is 1. The Bertz CT molecular complexity index is 705. The molecule has 0 aliphatic rings. The first-order valence-corrected chi connectivity index (χ1v) is 9.03. The van der Waals surface area contributed by atoms with E-state index in [1.165, 1.54) is 47.2 Å². The molecule has 0 saturated heterocycles. The summed E-state index contributed by atoms with van der Waals surface area (Å²) in [4.78, 5) is 26.4. The second kappa shape index (κ2) is 7.56. The van der Waals surface area contributed by atoms with Gasteiger partial charge in [0.15, 0.2) is 4.34 Å². The number of nitrogens with zero attached hydrogens (tertiary/aromatic N) is 3. The number of non-ortho nitro benzene ring substituents is 1. The van der Waals surface area contributed by atoms with Crippen LogP contribution in [0.3, 0.4) is 0 Å². The highest BCUT2D eigenvalue weighted by molar-refractivity contribution is 8.01. The number of amides is 1. The summed E-state index contributed by atoms with van der Waals surface area (Å²) in [7, 11) is 0. The number of aryl methyl sites for hydroxylation is 1. The summed E-state index contributed by atoms with van der Waals surface area (Å²) in [6.45, 7) is 1.78. The zero-order chi connectivity index (χ0) is 16.1. The van der Waals surface area contributed by atoms with E-state index in [1.807, 2.05) is 6.26 Å². The van der Waals surface area contributed by atoms with E-state index in [9.17, 15) is 14.9 Å². The number of nitrogens with one attached hydrogen (secondary N) is 1. The van der Waals surface area contributed by atoms with Crippen LogP contribution in [-0.2, 0) is 4.79 Å². The van der Waals surface area contributed by atoms with Crippen molar-refractivity contribution in [2.75, 3.05) is 17.3 Å². The molecule has 0 aliphatic carbocycles. The van der Waals surface area contributed by atoms with Crippen molar-refractivity contribution in [1.82, 2.24) is 9.36 Å². The molecule has 0 fully saturated rings. The van der Waals surface area contributed by atoms with Crippen molar-refractivity contribution < 1.29 is 9.72 Å². The van der Waals surface area contributed by atoms with E-state index in [0.29, 0.717) is 10.8 Å². The molecule has 7 nitrogen and oxygen atoms in total. The number of anilines is 1. The number of hydrogen-bond acceptors (Lipinski definition) is 8. The summed E-state index contributed by atoms with van der Waals surface area (Å²) in [5, 5.41) is 14.1. The second-order valence-electron chi connectivity index (χ2n) is 4.14. The topological polar surface area (TPSA) is 98.0 Å². The average molecular weight is 356 g/mol. The third kappa shape index (κ3) is 4.42. The molecule has 1 heterocycles. The van der Waals surface area contributed by atoms with Crippen LogP contribution < -0.4 is 5.32 Å². The number of carbonyl (C=O) groups excluding carboxylic acids is 1. The van der Waals surface area contributed by atoms with Gasteiger partial charge in [-0.25, -0.2) is 4.98 Å². The molecule has 0 unspecified atom stereocenters. The van der Waals surface area contributed by atoms with Crippen LogP contribution in [0.2, 0.25) is 0 Å². The summed E-state index contributed by atoms with van der Waals surface area (Å²) in [5.41, 5.74) is 1.16. The van der Waals surface area contributed by atoms with E-state index in [2.05, 4.69) is 14.7 Å². The number of carbonyl (C=O) groups is 1. The number of benzene rings is 1. The number of rotatable bonds is 6. The van der Waals surface area contributed by atoms with E-state index < -0.39 is 4.92 Å². The molecule has 22 heavy (non-hydrogen) atoms. The van der Waals surface area contributed by atoms with Crippen LogP contribution in [0.4, 0.5) is 11.4 Å². The van der Waals surface area contributed by atoms with Crippen LogP contribution in [0.25, 0.3) is 0 Å². The zero-order valence-corrected chi connectivity index (χ0v) is 14.2. The first-order chi connectivity index (χ1) is 10.5. The Balaban J connectivity index is 1.96. The predicted octanol–water partition coefficient (Wildman–Crippen LogP) is 3.21. The SMILES string of the molecule is CSc1nsc(SCC(=O)Nc2cc([N+](=O)[O-])ccc2C)n1. The molecule has 2 rings (SSSR count). The molecule has 0 bridgehead atoms. The standard InChI is InChI=1S/C12H12N4O3S3/c1-7-3-4-8(16(18)19)5-9(7)13-10(17)6-21-12-14-11(20-2)15-22-12/h3-5H,6H2,1-2H3,(H,13,17). The maximum atomic E-state index is 11.9. The molecule has 10 heteroatoms. The Morgan fingerprint density at radius 2 is 2.27 bits per heavy atom. The third-order valence-corrected chi connectivity index (χ3v) is 5.10. The van der Waals surface area contributed by atoms with Crippen molar-refractivity contribution in [3.63, 3.8) is 0 Å². The van der Waals surface area contributed by atoms with Crippen LogP contribution in [0.1, 0.15) is 5.56 Å². The Kier molecular flexibility index (Phi) is 5.75. The van der Waals surface area contributed by atoms with E-state index >= 15 is 0 Å². The summed E-state index contributed by atoms with van der Waals surface area (Å²) < 4.78 is 4.83. The number of aromatic nitrogens is 2. The van der Waals surface area contributed by atoms with Crippen molar-refractivity contribution >= 4 is 52.3 Å². The van der Waals surface area contributed by atoms with Crippen LogP contribution in [0.15, 0.2) is 27.7 Å². The van der Waals surface area contributed by atoms with Gasteiger partial charge >= 0.3 is 0 Å². The van der Waals surface area contributed by atoms with Gasteiger partial charge in [0.2, 0.25) is 11.1 Å². The molecule has 0 spiro atoms. The van der Waals surface area contributed by atoms with Gasteiger partial charge < -0.3 is 5.32 Å². The normalized spacial score (nSPS) is 10.5. The second-order valence-corrected chi connectivity index (χ2v) is 6.89. The monoisotopic (exact) mass is 356 g/mol. The molecule has 0 aliphatic heterocycles. The zero-order valence-electron chi connectivity index (χ0n) is 11.7. The molecular weight excluding hydrogens is 344 g/mol. The summed E-state index contributed by atoms with van der Waals surface area (Å²) >= 11 is 3.97. The molecule has 1 amide bonds. The fourth-order valence-corrected chi connectivity index (χ4v) is 3.52. The molecule has 1 N–H and O–H groups in total. The van der Waals surface area contributed by atoms with Crippen molar-refractivity contribution in [3.05, 3.63) is 33.9 Å². The lowest BCUT2D eigenvalue weighted by Gasteiger charge is -2.07. The number of nitro groups is 1. The third-order valence-electron chi connectivity index (χ3n) is 2.60. The van der Waals surface area contributed by atoms with E-state index in [4.69, 9.17) is 0 Å². The minimum atomic E-state index is -0.491. The highest BCUT2D eigenvalue weighted by Crippen LogP contribution is 2.25.